The number of aryl methyl sites for hydroxylation is 1. The minimum absolute atomic E-state index is 0.123. The number of benzene rings is 1. The number of fused-ring (bicyclic) bond motifs is 3. The van der Waals surface area contributed by atoms with Gasteiger partial charge in [-0.25, -0.2) is 0 Å². The van der Waals surface area contributed by atoms with E-state index < -0.39 is 0 Å². The molecule has 0 spiro atoms. The van der Waals surface area contributed by atoms with Crippen molar-refractivity contribution in [3.05, 3.63) is 28.6 Å². The van der Waals surface area contributed by atoms with E-state index in [9.17, 15) is 4.79 Å². The van der Waals surface area contributed by atoms with Crippen molar-refractivity contribution in [2.75, 3.05) is 17.7 Å². The van der Waals surface area contributed by atoms with Crippen LogP contribution < -0.4 is 21.3 Å². The quantitative estimate of drug-likeness (QED) is 0.721. The van der Waals surface area contributed by atoms with Crippen molar-refractivity contribution in [3.63, 3.8) is 0 Å². The molecule has 106 valence electrons. The van der Waals surface area contributed by atoms with Crippen LogP contribution >= 0.6 is 0 Å². The summed E-state index contributed by atoms with van der Waals surface area (Å²) < 4.78 is 7.31. The zero-order valence-electron chi connectivity index (χ0n) is 12.0. The number of anilines is 2. The van der Waals surface area contributed by atoms with Crippen LogP contribution in [0.15, 0.2) is 23.0 Å². The molecular formula is C15H19N3O2. The highest BCUT2D eigenvalue weighted by Crippen LogP contribution is 2.36. The van der Waals surface area contributed by atoms with Gasteiger partial charge in [0.25, 0.3) is 5.56 Å². The van der Waals surface area contributed by atoms with Gasteiger partial charge in [-0.2, -0.15) is 0 Å². The summed E-state index contributed by atoms with van der Waals surface area (Å²) in [6.07, 6.45) is 0.828. The Balaban J connectivity index is 2.41. The maximum atomic E-state index is 12.4. The molecule has 5 heteroatoms. The summed E-state index contributed by atoms with van der Waals surface area (Å²) in [5.74, 6) is 0.385. The number of nitrogen functional groups attached to an aromatic ring is 1. The molecule has 0 unspecified atom stereocenters. The molecule has 3 rings (SSSR count). The second-order valence-corrected chi connectivity index (χ2v) is 5.95. The number of nitrogens with zero attached hydrogens (tertiary/aromatic N) is 1. The van der Waals surface area contributed by atoms with Crippen molar-refractivity contribution in [2.24, 2.45) is 7.05 Å². The summed E-state index contributed by atoms with van der Waals surface area (Å²) in [5.41, 5.74) is 7.90. The smallest absolute Gasteiger partial charge is 0.295 e. The van der Waals surface area contributed by atoms with E-state index in [2.05, 4.69) is 19.2 Å². The highest BCUT2D eigenvalue weighted by Gasteiger charge is 2.27. The third-order valence-electron chi connectivity index (χ3n) is 3.81. The van der Waals surface area contributed by atoms with E-state index >= 15 is 0 Å². The third-order valence-corrected chi connectivity index (χ3v) is 3.81. The normalized spacial score (nSPS) is 16.9. The fraction of sp³-hybridized carbons (Fsp3) is 0.400. The van der Waals surface area contributed by atoms with Gasteiger partial charge in [-0.1, -0.05) is 0 Å². The molecule has 2 heterocycles. The number of aromatic nitrogens is 1. The lowest BCUT2D eigenvalue weighted by atomic mass is 10.0. The van der Waals surface area contributed by atoms with E-state index in [1.54, 1.807) is 17.7 Å². The maximum Gasteiger partial charge on any atom is 0.295 e. The van der Waals surface area contributed by atoms with Crippen molar-refractivity contribution in [1.82, 2.24) is 4.57 Å². The molecule has 0 amide bonds. The van der Waals surface area contributed by atoms with Crippen molar-refractivity contribution < 1.29 is 4.74 Å². The van der Waals surface area contributed by atoms with E-state index in [4.69, 9.17) is 10.5 Å². The van der Waals surface area contributed by atoms with Crippen molar-refractivity contribution in [3.8, 4) is 5.75 Å². The molecule has 5 nitrogen and oxygen atoms in total. The molecule has 2 aromatic rings. The van der Waals surface area contributed by atoms with E-state index in [0.29, 0.717) is 18.0 Å². The number of ether oxygens (including phenoxy) is 1. The molecule has 0 saturated heterocycles. The van der Waals surface area contributed by atoms with Crippen LogP contribution in [0.3, 0.4) is 0 Å². The first-order chi connectivity index (χ1) is 9.39. The topological polar surface area (TPSA) is 69.3 Å². The summed E-state index contributed by atoms with van der Waals surface area (Å²) in [5, 5.41) is 4.36. The van der Waals surface area contributed by atoms with E-state index in [-0.39, 0.29) is 11.1 Å². The Morgan fingerprint density at radius 2 is 2.15 bits per heavy atom. The lowest BCUT2D eigenvalue weighted by molar-refractivity contribution is 0.291. The molecule has 0 saturated carbocycles. The first-order valence-electron chi connectivity index (χ1n) is 6.72. The predicted octanol–water partition coefficient (Wildman–Crippen LogP) is 2.09. The van der Waals surface area contributed by atoms with E-state index in [0.717, 1.165) is 23.0 Å². The Bertz CT molecular complexity index is 747. The average molecular weight is 273 g/mol. The van der Waals surface area contributed by atoms with Crippen LogP contribution in [0.1, 0.15) is 20.3 Å². The Kier molecular flexibility index (Phi) is 2.67. The Morgan fingerprint density at radius 1 is 1.40 bits per heavy atom. The lowest BCUT2D eigenvalue weighted by Crippen LogP contribution is -2.31. The molecule has 0 aliphatic carbocycles. The summed E-state index contributed by atoms with van der Waals surface area (Å²) in [4.78, 5) is 12.4. The molecule has 0 atom stereocenters. The Labute approximate surface area is 117 Å². The lowest BCUT2D eigenvalue weighted by Gasteiger charge is -2.25. The third kappa shape index (κ3) is 1.90. The number of nitrogens with one attached hydrogen (secondary N) is 1. The second kappa shape index (κ2) is 4.16. The first-order valence-corrected chi connectivity index (χ1v) is 6.72. The van der Waals surface area contributed by atoms with Gasteiger partial charge < -0.3 is 20.4 Å². The van der Waals surface area contributed by atoms with E-state index in [1.165, 1.54) is 0 Å². The number of nitrogens with two attached hydrogens (primary N) is 1. The molecule has 20 heavy (non-hydrogen) atoms. The molecule has 0 bridgehead atoms. The van der Waals surface area contributed by atoms with Gasteiger partial charge in [0.15, 0.2) is 0 Å². The van der Waals surface area contributed by atoms with Gasteiger partial charge in [-0.15, -0.1) is 0 Å². The number of pyridine rings is 1. The van der Waals surface area contributed by atoms with Crippen molar-refractivity contribution in [2.45, 2.75) is 25.8 Å². The minimum atomic E-state index is -0.130. The number of rotatable bonds is 0. The molecule has 1 aromatic carbocycles. The van der Waals surface area contributed by atoms with Crippen LogP contribution in [0.4, 0.5) is 11.4 Å². The van der Waals surface area contributed by atoms with Crippen LogP contribution in [0, 0.1) is 0 Å². The van der Waals surface area contributed by atoms with Crippen LogP contribution in [0.2, 0.25) is 0 Å². The van der Waals surface area contributed by atoms with Crippen LogP contribution in [0.25, 0.3) is 10.9 Å². The molecule has 1 aromatic heterocycles. The molecule has 0 fully saturated rings. The molecule has 0 radical (unpaired) electrons. The summed E-state index contributed by atoms with van der Waals surface area (Å²) >= 11 is 0. The summed E-state index contributed by atoms with van der Waals surface area (Å²) in [6.45, 7) is 4.72. The number of hydrogen-bond acceptors (Lipinski definition) is 4. The van der Waals surface area contributed by atoms with Gasteiger partial charge in [0.05, 0.1) is 17.8 Å². The Morgan fingerprint density at radius 3 is 2.90 bits per heavy atom. The fourth-order valence-electron chi connectivity index (χ4n) is 2.60. The number of hydrogen-bond donors (Lipinski definition) is 2. The monoisotopic (exact) mass is 273 g/mol. The Hall–Kier alpha value is -2.17. The highest BCUT2D eigenvalue weighted by molar-refractivity contribution is 5.96. The second-order valence-electron chi connectivity index (χ2n) is 5.95. The zero-order chi connectivity index (χ0) is 14.5. The van der Waals surface area contributed by atoms with Gasteiger partial charge in [0.1, 0.15) is 0 Å². The predicted molar refractivity (Wildman–Crippen MR) is 81.4 cm³/mol. The van der Waals surface area contributed by atoms with Gasteiger partial charge in [0, 0.05) is 30.1 Å². The van der Waals surface area contributed by atoms with Crippen LogP contribution in [-0.2, 0) is 7.05 Å². The maximum absolute atomic E-state index is 12.4. The summed E-state index contributed by atoms with van der Waals surface area (Å²) in [7, 11) is 1.75. The van der Waals surface area contributed by atoms with Gasteiger partial charge in [-0.05, 0) is 32.0 Å². The largest absolute Gasteiger partial charge is 0.486 e. The van der Waals surface area contributed by atoms with Crippen LogP contribution in [0.5, 0.6) is 5.75 Å². The fourth-order valence-corrected chi connectivity index (χ4v) is 2.60. The SMILES string of the molecule is Cn1c(=O)c2c(c3cc(N)ccc31)NC(C)(C)CCO2. The molecular weight excluding hydrogens is 254 g/mol. The van der Waals surface area contributed by atoms with Gasteiger partial charge >= 0.3 is 0 Å². The van der Waals surface area contributed by atoms with Crippen molar-refractivity contribution >= 4 is 22.3 Å². The van der Waals surface area contributed by atoms with E-state index in [1.807, 2.05) is 12.1 Å². The molecule has 3 N–H and O–H groups in total. The van der Waals surface area contributed by atoms with Gasteiger partial charge in [0.2, 0.25) is 5.75 Å². The van der Waals surface area contributed by atoms with Gasteiger partial charge in [-0.3, -0.25) is 4.79 Å². The van der Waals surface area contributed by atoms with Crippen LogP contribution in [-0.4, -0.2) is 16.7 Å². The zero-order valence-corrected chi connectivity index (χ0v) is 12.0. The standard InChI is InChI=1S/C15H19N3O2/c1-15(2)6-7-20-13-12(17-15)10-8-9(16)4-5-11(10)18(3)14(13)19/h4-5,8,17H,6-7,16H2,1-3H3. The minimum Gasteiger partial charge on any atom is -0.486 e. The molecule has 1 aliphatic heterocycles. The van der Waals surface area contributed by atoms with Crippen molar-refractivity contribution in [1.29, 1.82) is 0 Å². The molecule has 1 aliphatic rings. The first kappa shape index (κ1) is 12.8. The summed E-state index contributed by atoms with van der Waals surface area (Å²) in [6, 6.07) is 5.55. The highest BCUT2D eigenvalue weighted by atomic mass is 16.5. The average Bonchev–Trinajstić information content (AvgIpc) is 2.54.